The molecule has 0 aliphatic carbocycles. The number of ketones is 1. The van der Waals surface area contributed by atoms with Gasteiger partial charge in [-0.05, 0) is 48.0 Å². The predicted octanol–water partition coefficient (Wildman–Crippen LogP) is 2.99. The van der Waals surface area contributed by atoms with Crippen LogP contribution in [-0.4, -0.2) is 25.2 Å². The van der Waals surface area contributed by atoms with Crippen LogP contribution in [0.15, 0.2) is 48.5 Å². The second-order valence-corrected chi connectivity index (χ2v) is 4.98. The van der Waals surface area contributed by atoms with Crippen LogP contribution in [0, 0.1) is 5.82 Å². The molecular weight excluding hydrogens is 315 g/mol. The van der Waals surface area contributed by atoms with Crippen molar-refractivity contribution in [2.75, 3.05) is 13.4 Å². The molecule has 2 aromatic rings. The molecule has 0 atom stereocenters. The number of benzene rings is 2. The molecule has 24 heavy (non-hydrogen) atoms. The zero-order valence-corrected chi connectivity index (χ0v) is 12.5. The molecule has 0 aromatic heterocycles. The monoisotopic (exact) mass is 328 g/mol. The largest absolute Gasteiger partial charge is 0.454 e. The first-order valence-electron chi connectivity index (χ1n) is 7.15. The summed E-state index contributed by atoms with van der Waals surface area (Å²) in [6.07, 6.45) is 2.77. The topological polar surface area (TPSA) is 61.8 Å². The summed E-state index contributed by atoms with van der Waals surface area (Å²) in [6, 6.07) is 10.3. The number of rotatable bonds is 5. The van der Waals surface area contributed by atoms with E-state index < -0.39 is 24.2 Å². The lowest BCUT2D eigenvalue weighted by atomic mass is 10.1. The predicted molar refractivity (Wildman–Crippen MR) is 83.3 cm³/mol. The maximum Gasteiger partial charge on any atom is 0.331 e. The summed E-state index contributed by atoms with van der Waals surface area (Å²) >= 11 is 0. The van der Waals surface area contributed by atoms with E-state index in [-0.39, 0.29) is 12.4 Å². The van der Waals surface area contributed by atoms with Crippen molar-refractivity contribution in [3.8, 4) is 11.5 Å². The minimum Gasteiger partial charge on any atom is -0.454 e. The van der Waals surface area contributed by atoms with Crippen LogP contribution in [0.5, 0.6) is 11.5 Å². The highest BCUT2D eigenvalue weighted by molar-refractivity contribution is 5.98. The van der Waals surface area contributed by atoms with E-state index in [1.807, 2.05) is 0 Å². The van der Waals surface area contributed by atoms with Crippen molar-refractivity contribution in [1.82, 2.24) is 0 Å². The Morgan fingerprint density at radius 2 is 1.83 bits per heavy atom. The summed E-state index contributed by atoms with van der Waals surface area (Å²) in [7, 11) is 0. The van der Waals surface area contributed by atoms with Gasteiger partial charge in [-0.15, -0.1) is 0 Å². The Morgan fingerprint density at radius 1 is 1.08 bits per heavy atom. The fourth-order valence-corrected chi connectivity index (χ4v) is 2.08. The van der Waals surface area contributed by atoms with Crippen LogP contribution >= 0.6 is 0 Å². The van der Waals surface area contributed by atoms with Gasteiger partial charge in [-0.25, -0.2) is 9.18 Å². The Labute approximate surface area is 137 Å². The minimum absolute atomic E-state index is 0.177. The van der Waals surface area contributed by atoms with Gasteiger partial charge in [0.2, 0.25) is 6.79 Å². The van der Waals surface area contributed by atoms with E-state index in [4.69, 9.17) is 14.2 Å². The Bertz CT molecular complexity index is 796. The van der Waals surface area contributed by atoms with Gasteiger partial charge < -0.3 is 14.2 Å². The van der Waals surface area contributed by atoms with Crippen LogP contribution in [0.3, 0.4) is 0 Å². The number of carbonyl (C=O) groups excluding carboxylic acids is 2. The molecule has 0 spiro atoms. The molecule has 0 bridgehead atoms. The van der Waals surface area contributed by atoms with Gasteiger partial charge in [-0.1, -0.05) is 6.07 Å². The molecule has 0 amide bonds. The summed E-state index contributed by atoms with van der Waals surface area (Å²) in [5.74, 6) is -0.227. The second-order valence-electron chi connectivity index (χ2n) is 4.98. The first kappa shape index (κ1) is 15.7. The standard InChI is InChI=1S/C18H13FO5/c19-14-5-3-13(4-6-14)15(20)10-22-18(21)8-2-12-1-7-16-17(9-12)24-11-23-16/h1-9H,10-11H2. The van der Waals surface area contributed by atoms with E-state index in [0.717, 1.165) is 5.56 Å². The zero-order chi connectivity index (χ0) is 16.9. The van der Waals surface area contributed by atoms with Gasteiger partial charge in [0.25, 0.3) is 0 Å². The van der Waals surface area contributed by atoms with Crippen LogP contribution in [0.4, 0.5) is 4.39 Å². The molecular formula is C18H13FO5. The highest BCUT2D eigenvalue weighted by Gasteiger charge is 2.12. The summed E-state index contributed by atoms with van der Waals surface area (Å²) in [4.78, 5) is 23.5. The molecule has 0 fully saturated rings. The molecule has 2 aromatic carbocycles. The lowest BCUT2D eigenvalue weighted by Crippen LogP contribution is -2.12. The van der Waals surface area contributed by atoms with Crippen LogP contribution in [-0.2, 0) is 9.53 Å². The van der Waals surface area contributed by atoms with E-state index in [1.165, 1.54) is 30.3 Å². The van der Waals surface area contributed by atoms with Crippen molar-refractivity contribution in [3.05, 3.63) is 65.5 Å². The van der Waals surface area contributed by atoms with Gasteiger partial charge in [-0.2, -0.15) is 0 Å². The summed E-state index contributed by atoms with van der Waals surface area (Å²) in [5.41, 5.74) is 1.02. The van der Waals surface area contributed by atoms with Gasteiger partial charge in [0.15, 0.2) is 23.9 Å². The van der Waals surface area contributed by atoms with Crippen molar-refractivity contribution in [2.24, 2.45) is 0 Å². The van der Waals surface area contributed by atoms with Gasteiger partial charge in [-0.3, -0.25) is 4.79 Å². The third-order valence-corrected chi connectivity index (χ3v) is 3.32. The van der Waals surface area contributed by atoms with Crippen LogP contribution in [0.25, 0.3) is 6.08 Å². The van der Waals surface area contributed by atoms with Gasteiger partial charge in [0.05, 0.1) is 0 Å². The van der Waals surface area contributed by atoms with E-state index in [2.05, 4.69) is 0 Å². The first-order chi connectivity index (χ1) is 11.6. The summed E-state index contributed by atoms with van der Waals surface area (Å²) in [5, 5.41) is 0. The molecule has 6 heteroatoms. The number of esters is 1. The van der Waals surface area contributed by atoms with Crippen LogP contribution in [0.2, 0.25) is 0 Å². The summed E-state index contributed by atoms with van der Waals surface area (Å²) in [6.45, 7) is -0.230. The van der Waals surface area contributed by atoms with Gasteiger partial charge >= 0.3 is 5.97 Å². The van der Waals surface area contributed by atoms with Crippen molar-refractivity contribution in [1.29, 1.82) is 0 Å². The fourth-order valence-electron chi connectivity index (χ4n) is 2.08. The first-order valence-corrected chi connectivity index (χ1v) is 7.15. The number of carbonyl (C=O) groups is 2. The Kier molecular flexibility index (Phi) is 4.56. The van der Waals surface area contributed by atoms with E-state index in [0.29, 0.717) is 11.5 Å². The average Bonchev–Trinajstić information content (AvgIpc) is 3.06. The third kappa shape index (κ3) is 3.78. The van der Waals surface area contributed by atoms with Crippen LogP contribution in [0.1, 0.15) is 15.9 Å². The van der Waals surface area contributed by atoms with Crippen molar-refractivity contribution >= 4 is 17.8 Å². The molecule has 0 saturated heterocycles. The molecule has 1 aliphatic rings. The minimum atomic E-state index is -0.650. The highest BCUT2D eigenvalue weighted by atomic mass is 19.1. The Hall–Kier alpha value is -3.15. The molecule has 0 N–H and O–H groups in total. The zero-order valence-electron chi connectivity index (χ0n) is 12.5. The fraction of sp³-hybridized carbons (Fsp3) is 0.111. The number of hydrogen-bond acceptors (Lipinski definition) is 5. The molecule has 1 heterocycles. The van der Waals surface area contributed by atoms with Gasteiger partial charge in [0, 0.05) is 11.6 Å². The smallest absolute Gasteiger partial charge is 0.331 e. The lowest BCUT2D eigenvalue weighted by molar-refractivity contribution is -0.136. The highest BCUT2D eigenvalue weighted by Crippen LogP contribution is 2.32. The maximum absolute atomic E-state index is 12.8. The Morgan fingerprint density at radius 3 is 2.62 bits per heavy atom. The van der Waals surface area contributed by atoms with Crippen molar-refractivity contribution in [2.45, 2.75) is 0 Å². The molecule has 3 rings (SSSR count). The van der Waals surface area contributed by atoms with E-state index in [9.17, 15) is 14.0 Å². The quantitative estimate of drug-likeness (QED) is 0.480. The number of fused-ring (bicyclic) bond motifs is 1. The molecule has 122 valence electrons. The molecule has 0 radical (unpaired) electrons. The van der Waals surface area contributed by atoms with Crippen molar-refractivity contribution < 1.29 is 28.2 Å². The second kappa shape index (κ2) is 6.95. The maximum atomic E-state index is 12.8. The number of Topliss-reactive ketones (excluding diaryl/α,β-unsaturated/α-hetero) is 1. The van der Waals surface area contributed by atoms with Crippen molar-refractivity contribution in [3.63, 3.8) is 0 Å². The van der Waals surface area contributed by atoms with Crippen LogP contribution < -0.4 is 9.47 Å². The SMILES string of the molecule is O=C(C=Cc1ccc2c(c1)OCO2)OCC(=O)c1ccc(F)cc1. The van der Waals surface area contributed by atoms with E-state index in [1.54, 1.807) is 24.3 Å². The molecule has 0 saturated carbocycles. The molecule has 1 aliphatic heterocycles. The molecule has 5 nitrogen and oxygen atoms in total. The lowest BCUT2D eigenvalue weighted by Gasteiger charge is -2.02. The van der Waals surface area contributed by atoms with Gasteiger partial charge in [0.1, 0.15) is 5.82 Å². The average molecular weight is 328 g/mol. The number of hydrogen-bond donors (Lipinski definition) is 0. The van der Waals surface area contributed by atoms with E-state index >= 15 is 0 Å². The Balaban J connectivity index is 1.53. The normalized spacial score (nSPS) is 12.4. The number of ether oxygens (including phenoxy) is 3. The number of halogens is 1. The third-order valence-electron chi connectivity index (χ3n) is 3.32. The molecule has 0 unspecified atom stereocenters. The summed E-state index contributed by atoms with van der Waals surface area (Å²) < 4.78 is 28.1.